The summed E-state index contributed by atoms with van der Waals surface area (Å²) in [5, 5.41) is 15.1. The summed E-state index contributed by atoms with van der Waals surface area (Å²) in [6.07, 6.45) is 0. The van der Waals surface area contributed by atoms with Gasteiger partial charge in [-0.2, -0.15) is 0 Å². The number of aromatic carboxylic acids is 1. The average Bonchev–Trinajstić information content (AvgIpc) is 2.59. The summed E-state index contributed by atoms with van der Waals surface area (Å²) in [4.78, 5) is 23.3. The van der Waals surface area contributed by atoms with Crippen LogP contribution in [0.5, 0.6) is 5.75 Å². The van der Waals surface area contributed by atoms with E-state index in [9.17, 15) is 14.7 Å². The highest BCUT2D eigenvalue weighted by atomic mass is 35.5. The molecule has 2 aromatic carbocycles. The molecule has 0 radical (unpaired) electrons. The van der Waals surface area contributed by atoms with Gasteiger partial charge in [0.05, 0.1) is 11.3 Å². The van der Waals surface area contributed by atoms with E-state index in [0.29, 0.717) is 10.8 Å². The monoisotopic (exact) mass is 426 g/mol. The molecule has 6 nitrogen and oxygen atoms in total. The molecule has 0 aromatic heterocycles. The molecule has 0 aliphatic carbocycles. The van der Waals surface area contributed by atoms with Crippen LogP contribution < -0.4 is 15.4 Å². The van der Waals surface area contributed by atoms with Crippen molar-refractivity contribution in [1.29, 1.82) is 0 Å². The highest BCUT2D eigenvalue weighted by Crippen LogP contribution is 2.25. The zero-order chi connectivity index (χ0) is 20.1. The second-order valence-corrected chi connectivity index (χ2v) is 6.88. The Morgan fingerprint density at radius 1 is 1.15 bits per heavy atom. The van der Waals surface area contributed by atoms with E-state index >= 15 is 0 Å². The number of nitrogens with one attached hydrogen (secondary N) is 2. The van der Waals surface area contributed by atoms with Crippen molar-refractivity contribution in [3.05, 3.63) is 57.1 Å². The average molecular weight is 427 g/mol. The summed E-state index contributed by atoms with van der Waals surface area (Å²) in [5.41, 5.74) is 1.82. The van der Waals surface area contributed by atoms with E-state index in [0.717, 1.165) is 11.1 Å². The Kier molecular flexibility index (Phi) is 7.01. The molecule has 142 valence electrons. The van der Waals surface area contributed by atoms with Crippen LogP contribution in [-0.4, -0.2) is 28.7 Å². The van der Waals surface area contributed by atoms with Gasteiger partial charge in [-0.1, -0.05) is 23.2 Å². The lowest BCUT2D eigenvalue weighted by atomic mass is 10.1. The number of carbonyl (C=O) groups excluding carboxylic acids is 1. The van der Waals surface area contributed by atoms with E-state index < -0.39 is 11.9 Å². The number of carboxylic acids is 1. The van der Waals surface area contributed by atoms with Crippen LogP contribution in [0, 0.1) is 13.8 Å². The number of benzene rings is 2. The van der Waals surface area contributed by atoms with Crippen molar-refractivity contribution in [2.24, 2.45) is 0 Å². The van der Waals surface area contributed by atoms with E-state index in [1.165, 1.54) is 18.2 Å². The van der Waals surface area contributed by atoms with Gasteiger partial charge in [0.25, 0.3) is 5.91 Å². The van der Waals surface area contributed by atoms with Crippen LogP contribution in [0.25, 0.3) is 0 Å². The van der Waals surface area contributed by atoms with Gasteiger partial charge in [-0.25, -0.2) is 4.79 Å². The van der Waals surface area contributed by atoms with Gasteiger partial charge in [0, 0.05) is 10.0 Å². The van der Waals surface area contributed by atoms with Crippen molar-refractivity contribution in [2.75, 3.05) is 11.9 Å². The molecular weight excluding hydrogens is 411 g/mol. The van der Waals surface area contributed by atoms with Crippen molar-refractivity contribution in [3.63, 3.8) is 0 Å². The minimum absolute atomic E-state index is 0.0584. The maximum Gasteiger partial charge on any atom is 0.337 e. The number of aryl methyl sites for hydroxylation is 2. The second kappa shape index (κ2) is 9.03. The van der Waals surface area contributed by atoms with Crippen molar-refractivity contribution >= 4 is 58.1 Å². The normalized spacial score (nSPS) is 10.2. The van der Waals surface area contributed by atoms with Gasteiger partial charge in [-0.3, -0.25) is 10.1 Å². The fraction of sp³-hybridized carbons (Fsp3) is 0.167. The number of carbonyl (C=O) groups is 2. The van der Waals surface area contributed by atoms with Crippen molar-refractivity contribution < 1.29 is 19.4 Å². The third-order valence-corrected chi connectivity index (χ3v) is 4.53. The van der Waals surface area contributed by atoms with Gasteiger partial charge in [0.1, 0.15) is 5.75 Å². The molecule has 0 bridgehead atoms. The fourth-order valence-electron chi connectivity index (χ4n) is 2.26. The van der Waals surface area contributed by atoms with E-state index in [1.54, 1.807) is 12.1 Å². The number of anilines is 1. The minimum Gasteiger partial charge on any atom is -0.484 e. The SMILES string of the molecule is Cc1cc(OCC(=O)NC(=S)Nc2ccc(Cl)cc2C(=O)O)cc(C)c1Cl. The van der Waals surface area contributed by atoms with Crippen LogP contribution in [0.15, 0.2) is 30.3 Å². The quantitative estimate of drug-likeness (QED) is 0.620. The number of rotatable bonds is 5. The predicted molar refractivity (Wildman–Crippen MR) is 109 cm³/mol. The lowest BCUT2D eigenvalue weighted by Gasteiger charge is -2.13. The zero-order valence-corrected chi connectivity index (χ0v) is 16.8. The van der Waals surface area contributed by atoms with Crippen LogP contribution in [-0.2, 0) is 4.79 Å². The van der Waals surface area contributed by atoms with Crippen LogP contribution in [0.3, 0.4) is 0 Å². The first-order valence-corrected chi connectivity index (χ1v) is 8.87. The molecule has 0 heterocycles. The fourth-order valence-corrected chi connectivity index (χ4v) is 2.76. The lowest BCUT2D eigenvalue weighted by Crippen LogP contribution is -2.37. The third-order valence-electron chi connectivity index (χ3n) is 3.49. The highest BCUT2D eigenvalue weighted by Gasteiger charge is 2.13. The Morgan fingerprint density at radius 2 is 1.78 bits per heavy atom. The van der Waals surface area contributed by atoms with Crippen LogP contribution in [0.1, 0.15) is 21.5 Å². The molecule has 1 amide bonds. The first kappa shape index (κ1) is 21.0. The summed E-state index contributed by atoms with van der Waals surface area (Å²) in [6, 6.07) is 7.71. The van der Waals surface area contributed by atoms with Gasteiger partial charge in [0.15, 0.2) is 11.7 Å². The number of amides is 1. The Balaban J connectivity index is 1.95. The van der Waals surface area contributed by atoms with E-state index in [4.69, 9.17) is 40.2 Å². The van der Waals surface area contributed by atoms with Gasteiger partial charge in [-0.15, -0.1) is 0 Å². The topological polar surface area (TPSA) is 87.7 Å². The summed E-state index contributed by atoms with van der Waals surface area (Å²) in [6.45, 7) is 3.41. The molecule has 0 fully saturated rings. The molecular formula is C18H16Cl2N2O4S. The van der Waals surface area contributed by atoms with Gasteiger partial charge >= 0.3 is 5.97 Å². The van der Waals surface area contributed by atoms with Crippen molar-refractivity contribution in [1.82, 2.24) is 5.32 Å². The standard InChI is InChI=1S/C18H16Cl2N2O4S/c1-9-5-12(6-10(2)16(9)20)26-8-15(23)22-18(27)21-14-4-3-11(19)7-13(14)17(24)25/h3-7H,8H2,1-2H3,(H,24,25)(H2,21,22,23,27). The minimum atomic E-state index is -1.18. The number of hydrogen-bond acceptors (Lipinski definition) is 4. The molecule has 0 unspecified atom stereocenters. The Morgan fingerprint density at radius 3 is 2.37 bits per heavy atom. The molecule has 0 aliphatic heterocycles. The first-order valence-electron chi connectivity index (χ1n) is 7.70. The summed E-state index contributed by atoms with van der Waals surface area (Å²) >= 11 is 16.9. The molecule has 9 heteroatoms. The maximum atomic E-state index is 12.0. The van der Waals surface area contributed by atoms with E-state index in [1.807, 2.05) is 13.8 Å². The highest BCUT2D eigenvalue weighted by molar-refractivity contribution is 7.80. The third kappa shape index (κ3) is 5.82. The number of ether oxygens (including phenoxy) is 1. The lowest BCUT2D eigenvalue weighted by molar-refractivity contribution is -0.121. The summed E-state index contributed by atoms with van der Waals surface area (Å²) in [5.74, 6) is -1.16. The van der Waals surface area contributed by atoms with E-state index in [-0.39, 0.29) is 28.0 Å². The molecule has 3 N–H and O–H groups in total. The summed E-state index contributed by atoms with van der Waals surface area (Å²) in [7, 11) is 0. The predicted octanol–water partition coefficient (Wildman–Crippen LogP) is 4.20. The number of carboxylic acid groups (broad SMARTS) is 1. The number of halogens is 2. The first-order chi connectivity index (χ1) is 12.7. The smallest absolute Gasteiger partial charge is 0.337 e. The van der Waals surface area contributed by atoms with E-state index in [2.05, 4.69) is 10.6 Å². The van der Waals surface area contributed by atoms with Gasteiger partial charge in [0.2, 0.25) is 0 Å². The largest absolute Gasteiger partial charge is 0.484 e. The Labute approximate surface area is 171 Å². The Hall–Kier alpha value is -2.35. The molecule has 2 aromatic rings. The van der Waals surface area contributed by atoms with Crippen molar-refractivity contribution in [2.45, 2.75) is 13.8 Å². The molecule has 0 spiro atoms. The molecule has 27 heavy (non-hydrogen) atoms. The van der Waals surface area contributed by atoms with Gasteiger partial charge < -0.3 is 15.2 Å². The molecule has 2 rings (SSSR count). The zero-order valence-electron chi connectivity index (χ0n) is 14.4. The Bertz CT molecular complexity index is 895. The van der Waals surface area contributed by atoms with Crippen molar-refractivity contribution in [3.8, 4) is 5.75 Å². The second-order valence-electron chi connectivity index (χ2n) is 5.66. The summed E-state index contributed by atoms with van der Waals surface area (Å²) < 4.78 is 5.44. The molecule has 0 saturated heterocycles. The maximum absolute atomic E-state index is 12.0. The number of thiocarbonyl (C=S) groups is 1. The molecule has 0 atom stereocenters. The number of hydrogen-bond donors (Lipinski definition) is 3. The van der Waals surface area contributed by atoms with Crippen LogP contribution in [0.2, 0.25) is 10.0 Å². The molecule has 0 aliphatic rings. The van der Waals surface area contributed by atoms with Gasteiger partial charge in [-0.05, 0) is 67.5 Å². The van der Waals surface area contributed by atoms with Crippen LogP contribution in [0.4, 0.5) is 5.69 Å². The molecule has 0 saturated carbocycles. The van der Waals surface area contributed by atoms with Crippen LogP contribution >= 0.6 is 35.4 Å².